The second kappa shape index (κ2) is 13.3. The average molecular weight is 552 g/mol. The normalized spacial score (nSPS) is 19.7. The van der Waals surface area contributed by atoms with Crippen molar-refractivity contribution in [1.82, 2.24) is 20.4 Å². The Bertz CT molecular complexity index is 602. The van der Waals surface area contributed by atoms with E-state index in [0.29, 0.717) is 25.5 Å². The Morgan fingerprint density at radius 2 is 1.84 bits per heavy atom. The first-order valence-corrected chi connectivity index (χ1v) is 11.5. The molecule has 0 radical (unpaired) electrons. The molecule has 1 unspecified atom stereocenters. The molecule has 0 aromatic heterocycles. The maximum Gasteiger partial charge on any atom is 0.410 e. The van der Waals surface area contributed by atoms with Crippen molar-refractivity contribution >= 4 is 41.9 Å². The first-order chi connectivity index (χ1) is 14.2. The number of rotatable bonds is 7. The van der Waals surface area contributed by atoms with Crippen LogP contribution < -0.4 is 10.6 Å². The van der Waals surface area contributed by atoms with Gasteiger partial charge in [-0.3, -0.25) is 9.79 Å². The fourth-order valence-corrected chi connectivity index (χ4v) is 4.01. The zero-order chi connectivity index (χ0) is 22.1. The largest absolute Gasteiger partial charge is 0.444 e. The predicted molar refractivity (Wildman–Crippen MR) is 135 cm³/mol. The molecule has 2 rings (SSSR count). The van der Waals surface area contributed by atoms with E-state index >= 15 is 0 Å². The smallest absolute Gasteiger partial charge is 0.410 e. The van der Waals surface area contributed by atoms with Gasteiger partial charge < -0.3 is 25.2 Å². The number of likely N-dealkylation sites (N-methyl/N-ethyl adjacent to an activating group) is 1. The summed E-state index contributed by atoms with van der Waals surface area (Å²) in [4.78, 5) is 33.2. The number of amides is 2. The van der Waals surface area contributed by atoms with Crippen LogP contribution in [0.15, 0.2) is 4.99 Å². The lowest BCUT2D eigenvalue weighted by Gasteiger charge is -2.26. The number of aliphatic imine (C=N–C) groups is 1. The van der Waals surface area contributed by atoms with Crippen LogP contribution in [0.2, 0.25) is 0 Å². The van der Waals surface area contributed by atoms with E-state index in [4.69, 9.17) is 4.74 Å². The molecule has 9 heteroatoms. The molecule has 1 heterocycles. The van der Waals surface area contributed by atoms with Crippen molar-refractivity contribution in [2.45, 2.75) is 78.4 Å². The number of hydrogen-bond acceptors (Lipinski definition) is 4. The average Bonchev–Trinajstić information content (AvgIpc) is 3.35. The zero-order valence-electron chi connectivity index (χ0n) is 19.9. The second-order valence-electron chi connectivity index (χ2n) is 9.22. The van der Waals surface area contributed by atoms with Crippen LogP contribution in [-0.2, 0) is 9.53 Å². The van der Waals surface area contributed by atoms with Crippen LogP contribution in [0.3, 0.4) is 0 Å². The Hall–Kier alpha value is -1.26. The van der Waals surface area contributed by atoms with Gasteiger partial charge in [0.2, 0.25) is 5.91 Å². The van der Waals surface area contributed by atoms with Gasteiger partial charge in [0.15, 0.2) is 5.96 Å². The van der Waals surface area contributed by atoms with Gasteiger partial charge in [-0.15, -0.1) is 24.0 Å². The highest BCUT2D eigenvalue weighted by molar-refractivity contribution is 14.0. The van der Waals surface area contributed by atoms with Gasteiger partial charge in [0, 0.05) is 44.7 Å². The number of nitrogens with zero attached hydrogens (tertiary/aromatic N) is 3. The van der Waals surface area contributed by atoms with Crippen molar-refractivity contribution in [3.63, 3.8) is 0 Å². The highest BCUT2D eigenvalue weighted by Gasteiger charge is 2.32. The minimum absolute atomic E-state index is 0. The molecule has 0 bridgehead atoms. The van der Waals surface area contributed by atoms with Crippen LogP contribution in [-0.4, -0.2) is 78.7 Å². The molecule has 1 aliphatic heterocycles. The number of carbonyl (C=O) groups is 2. The molecule has 2 N–H and O–H groups in total. The van der Waals surface area contributed by atoms with Crippen LogP contribution in [0.25, 0.3) is 0 Å². The molecule has 0 spiro atoms. The van der Waals surface area contributed by atoms with E-state index in [-0.39, 0.29) is 42.0 Å². The van der Waals surface area contributed by atoms with Crippen LogP contribution in [0, 0.1) is 5.92 Å². The van der Waals surface area contributed by atoms with E-state index in [0.717, 1.165) is 44.9 Å². The summed E-state index contributed by atoms with van der Waals surface area (Å²) in [5.74, 6) is 1.30. The summed E-state index contributed by atoms with van der Waals surface area (Å²) in [6.07, 6.45) is 5.08. The summed E-state index contributed by atoms with van der Waals surface area (Å²) in [6, 6.07) is 0.210. The number of guanidine groups is 1. The van der Waals surface area contributed by atoms with Crippen LogP contribution in [0.4, 0.5) is 4.79 Å². The SMILES string of the molecule is CCNC(=NCCN(CC)C(=O)OC(C)(C)C)NC1CCN(C(=O)C2CCCC2)C1.I. The summed E-state index contributed by atoms with van der Waals surface area (Å²) < 4.78 is 5.45. The van der Waals surface area contributed by atoms with E-state index in [9.17, 15) is 9.59 Å². The lowest BCUT2D eigenvalue weighted by Crippen LogP contribution is -2.46. The molecule has 31 heavy (non-hydrogen) atoms. The number of nitrogens with one attached hydrogen (secondary N) is 2. The minimum Gasteiger partial charge on any atom is -0.444 e. The zero-order valence-corrected chi connectivity index (χ0v) is 22.2. The monoisotopic (exact) mass is 551 g/mol. The van der Waals surface area contributed by atoms with Crippen molar-refractivity contribution in [1.29, 1.82) is 0 Å². The third-order valence-corrected chi connectivity index (χ3v) is 5.56. The first kappa shape index (κ1) is 27.8. The Labute approximate surface area is 204 Å². The fraction of sp³-hybridized carbons (Fsp3) is 0.864. The van der Waals surface area contributed by atoms with Gasteiger partial charge >= 0.3 is 6.09 Å². The molecule has 1 saturated carbocycles. The van der Waals surface area contributed by atoms with Crippen molar-refractivity contribution in [2.24, 2.45) is 10.9 Å². The summed E-state index contributed by atoms with van der Waals surface area (Å²) in [7, 11) is 0. The van der Waals surface area contributed by atoms with Crippen molar-refractivity contribution in [2.75, 3.05) is 39.3 Å². The van der Waals surface area contributed by atoms with Crippen molar-refractivity contribution < 1.29 is 14.3 Å². The van der Waals surface area contributed by atoms with Crippen molar-refractivity contribution in [3.8, 4) is 0 Å². The molecule has 1 saturated heterocycles. The molecular formula is C22H42IN5O3. The number of halogens is 1. The standard InChI is InChI=1S/C22H41N5O3.HI/c1-6-23-20(24-13-15-26(7-2)21(29)30-22(3,4)5)25-18-12-14-27(16-18)19(28)17-10-8-9-11-17;/h17-18H,6-16H2,1-5H3,(H2,23,24,25);1H. The van der Waals surface area contributed by atoms with Crippen LogP contribution >= 0.6 is 24.0 Å². The quantitative estimate of drug-likeness (QED) is 0.289. The van der Waals surface area contributed by atoms with Gasteiger partial charge in [-0.2, -0.15) is 0 Å². The van der Waals surface area contributed by atoms with E-state index in [1.165, 1.54) is 12.8 Å². The third kappa shape index (κ3) is 9.41. The van der Waals surface area contributed by atoms with E-state index in [2.05, 4.69) is 15.6 Å². The maximum absolute atomic E-state index is 12.7. The number of carbonyl (C=O) groups excluding carboxylic acids is 2. The number of hydrogen-bond donors (Lipinski definition) is 2. The van der Waals surface area contributed by atoms with Gasteiger partial charge in [0.1, 0.15) is 5.60 Å². The van der Waals surface area contributed by atoms with Gasteiger partial charge in [-0.25, -0.2) is 4.79 Å². The van der Waals surface area contributed by atoms with E-state index in [1.807, 2.05) is 39.5 Å². The highest BCUT2D eigenvalue weighted by atomic mass is 127. The van der Waals surface area contributed by atoms with Gasteiger partial charge in [-0.1, -0.05) is 12.8 Å². The molecule has 2 aliphatic rings. The van der Waals surface area contributed by atoms with E-state index in [1.54, 1.807) is 4.90 Å². The summed E-state index contributed by atoms with van der Waals surface area (Å²) in [5.41, 5.74) is -0.505. The van der Waals surface area contributed by atoms with Gasteiger partial charge in [0.05, 0.1) is 6.54 Å². The lowest BCUT2D eigenvalue weighted by molar-refractivity contribution is -0.134. The Morgan fingerprint density at radius 3 is 2.42 bits per heavy atom. The number of ether oxygens (including phenoxy) is 1. The molecule has 180 valence electrons. The number of likely N-dealkylation sites (tertiary alicyclic amines) is 1. The molecular weight excluding hydrogens is 509 g/mol. The van der Waals surface area contributed by atoms with Gasteiger partial charge in [0.25, 0.3) is 0 Å². The Balaban J connectivity index is 0.00000480. The molecule has 0 aromatic carbocycles. The molecule has 0 aromatic rings. The minimum atomic E-state index is -0.505. The molecule has 1 atom stereocenters. The second-order valence-corrected chi connectivity index (χ2v) is 9.22. The lowest BCUT2D eigenvalue weighted by atomic mass is 10.1. The predicted octanol–water partition coefficient (Wildman–Crippen LogP) is 3.21. The molecule has 2 fully saturated rings. The van der Waals surface area contributed by atoms with Crippen LogP contribution in [0.5, 0.6) is 0 Å². The Kier molecular flexibility index (Phi) is 11.9. The first-order valence-electron chi connectivity index (χ1n) is 11.5. The molecule has 8 nitrogen and oxygen atoms in total. The molecule has 1 aliphatic carbocycles. The fourth-order valence-electron chi connectivity index (χ4n) is 4.01. The van der Waals surface area contributed by atoms with Gasteiger partial charge in [-0.05, 0) is 53.9 Å². The van der Waals surface area contributed by atoms with Crippen LogP contribution in [0.1, 0.15) is 66.7 Å². The van der Waals surface area contributed by atoms with Crippen molar-refractivity contribution in [3.05, 3.63) is 0 Å². The molecule has 2 amide bonds. The summed E-state index contributed by atoms with van der Waals surface area (Å²) in [6.45, 7) is 13.4. The topological polar surface area (TPSA) is 86.3 Å². The van der Waals surface area contributed by atoms with E-state index < -0.39 is 5.60 Å². The highest BCUT2D eigenvalue weighted by Crippen LogP contribution is 2.27. The third-order valence-electron chi connectivity index (χ3n) is 5.56. The summed E-state index contributed by atoms with van der Waals surface area (Å²) >= 11 is 0. The summed E-state index contributed by atoms with van der Waals surface area (Å²) in [5, 5.41) is 6.73. The Morgan fingerprint density at radius 1 is 1.16 bits per heavy atom. The maximum atomic E-state index is 12.7.